The lowest BCUT2D eigenvalue weighted by molar-refractivity contribution is -0.127. The van der Waals surface area contributed by atoms with E-state index in [2.05, 4.69) is 5.32 Å². The van der Waals surface area contributed by atoms with Crippen LogP contribution in [0.5, 0.6) is 11.5 Å². The molecular formula is C21H19ClN2O5S. The third kappa shape index (κ3) is 5.14. The predicted molar refractivity (Wildman–Crippen MR) is 117 cm³/mol. The van der Waals surface area contributed by atoms with Crippen LogP contribution in [0.2, 0.25) is 5.02 Å². The monoisotopic (exact) mass is 446 g/mol. The third-order valence-corrected chi connectivity index (χ3v) is 5.21. The SMILES string of the molecule is CCOc1ccc(/C=C2/SC(=O)N(CC(=O)Nc3cccc(Cl)c3)C2=O)cc1OC. The molecule has 1 saturated heterocycles. The van der Waals surface area contributed by atoms with E-state index in [1.54, 1.807) is 48.5 Å². The molecule has 0 bridgehead atoms. The van der Waals surface area contributed by atoms with Crippen LogP contribution in [0.1, 0.15) is 12.5 Å². The van der Waals surface area contributed by atoms with E-state index in [4.69, 9.17) is 21.1 Å². The van der Waals surface area contributed by atoms with Gasteiger partial charge in [0.15, 0.2) is 11.5 Å². The van der Waals surface area contributed by atoms with Crippen molar-refractivity contribution in [3.05, 3.63) is 58.0 Å². The van der Waals surface area contributed by atoms with E-state index in [1.807, 2.05) is 6.92 Å². The number of hydrogen-bond donors (Lipinski definition) is 1. The lowest BCUT2D eigenvalue weighted by atomic mass is 10.2. The van der Waals surface area contributed by atoms with E-state index in [1.165, 1.54) is 7.11 Å². The first-order valence-corrected chi connectivity index (χ1v) is 10.2. The van der Waals surface area contributed by atoms with Crippen LogP contribution in [0.3, 0.4) is 0 Å². The van der Waals surface area contributed by atoms with Crippen molar-refractivity contribution in [3.63, 3.8) is 0 Å². The number of ether oxygens (including phenoxy) is 2. The molecule has 1 aliphatic rings. The van der Waals surface area contributed by atoms with Crippen molar-refractivity contribution in [1.82, 2.24) is 4.90 Å². The van der Waals surface area contributed by atoms with Gasteiger partial charge in [-0.15, -0.1) is 0 Å². The number of nitrogens with one attached hydrogen (secondary N) is 1. The van der Waals surface area contributed by atoms with Gasteiger partial charge in [-0.25, -0.2) is 0 Å². The summed E-state index contributed by atoms with van der Waals surface area (Å²) in [7, 11) is 1.52. The number of halogens is 1. The van der Waals surface area contributed by atoms with Crippen LogP contribution in [-0.4, -0.2) is 42.2 Å². The Hall–Kier alpha value is -2.97. The number of anilines is 1. The van der Waals surface area contributed by atoms with Crippen LogP contribution >= 0.6 is 23.4 Å². The van der Waals surface area contributed by atoms with Crippen LogP contribution in [0, 0.1) is 0 Å². The molecule has 2 aromatic carbocycles. The van der Waals surface area contributed by atoms with Gasteiger partial charge in [-0.05, 0) is 60.7 Å². The first-order chi connectivity index (χ1) is 14.4. The predicted octanol–water partition coefficient (Wildman–Crippen LogP) is 4.42. The molecule has 156 valence electrons. The Kier molecular flexibility index (Phi) is 7.02. The van der Waals surface area contributed by atoms with Gasteiger partial charge in [-0.1, -0.05) is 23.7 Å². The molecular weight excluding hydrogens is 428 g/mol. The standard InChI is InChI=1S/C21H19ClN2O5S/c1-3-29-16-8-7-13(9-17(16)28-2)10-18-20(26)24(21(27)30-18)12-19(25)23-15-6-4-5-14(22)11-15/h4-11H,3,12H2,1-2H3,(H,23,25)/b18-10+. The molecule has 0 radical (unpaired) electrons. The molecule has 0 unspecified atom stereocenters. The van der Waals surface area contributed by atoms with Crippen LogP contribution in [0.4, 0.5) is 10.5 Å². The van der Waals surface area contributed by atoms with Crippen molar-refractivity contribution in [3.8, 4) is 11.5 Å². The maximum absolute atomic E-state index is 12.6. The molecule has 1 fully saturated rings. The smallest absolute Gasteiger partial charge is 0.294 e. The second kappa shape index (κ2) is 9.69. The summed E-state index contributed by atoms with van der Waals surface area (Å²) < 4.78 is 10.8. The van der Waals surface area contributed by atoms with E-state index < -0.39 is 17.1 Å². The summed E-state index contributed by atoms with van der Waals surface area (Å²) in [5.74, 6) is 0.0799. The minimum absolute atomic E-state index is 0.224. The summed E-state index contributed by atoms with van der Waals surface area (Å²) in [6, 6.07) is 11.8. The Bertz CT molecular complexity index is 1020. The summed E-state index contributed by atoms with van der Waals surface area (Å²) >= 11 is 6.67. The van der Waals surface area contributed by atoms with E-state index in [9.17, 15) is 14.4 Å². The van der Waals surface area contributed by atoms with Crippen molar-refractivity contribution in [2.24, 2.45) is 0 Å². The summed E-state index contributed by atoms with van der Waals surface area (Å²) in [5, 5.41) is 2.58. The Morgan fingerprint density at radius 1 is 1.20 bits per heavy atom. The van der Waals surface area contributed by atoms with Gasteiger partial charge in [0.2, 0.25) is 5.91 Å². The third-order valence-electron chi connectivity index (χ3n) is 4.07. The number of methoxy groups -OCH3 is 1. The highest BCUT2D eigenvalue weighted by atomic mass is 35.5. The first kappa shape index (κ1) is 21.7. The number of carbonyl (C=O) groups excluding carboxylic acids is 3. The highest BCUT2D eigenvalue weighted by Gasteiger charge is 2.36. The van der Waals surface area contributed by atoms with Gasteiger partial charge >= 0.3 is 0 Å². The molecule has 1 heterocycles. The van der Waals surface area contributed by atoms with Gasteiger partial charge < -0.3 is 14.8 Å². The van der Waals surface area contributed by atoms with Crippen LogP contribution in [0.15, 0.2) is 47.4 Å². The average Bonchev–Trinajstić information content (AvgIpc) is 2.96. The molecule has 1 aliphatic heterocycles. The number of rotatable bonds is 7. The van der Waals surface area contributed by atoms with Gasteiger partial charge in [-0.2, -0.15) is 0 Å². The average molecular weight is 447 g/mol. The largest absolute Gasteiger partial charge is 0.493 e. The number of hydrogen-bond acceptors (Lipinski definition) is 6. The summed E-state index contributed by atoms with van der Waals surface area (Å²) in [6.45, 7) is 1.97. The van der Waals surface area contributed by atoms with Crippen molar-refractivity contribution < 1.29 is 23.9 Å². The fourth-order valence-corrected chi connectivity index (χ4v) is 3.78. The zero-order valence-electron chi connectivity index (χ0n) is 16.3. The maximum atomic E-state index is 12.6. The van der Waals surface area contributed by atoms with Gasteiger partial charge in [0.25, 0.3) is 11.1 Å². The number of imide groups is 1. The van der Waals surface area contributed by atoms with Gasteiger partial charge in [0, 0.05) is 10.7 Å². The molecule has 0 spiro atoms. The van der Waals surface area contributed by atoms with Crippen molar-refractivity contribution in [2.75, 3.05) is 25.6 Å². The quantitative estimate of drug-likeness (QED) is 0.633. The van der Waals surface area contributed by atoms with Gasteiger partial charge in [0.05, 0.1) is 18.6 Å². The molecule has 9 heteroatoms. The van der Waals surface area contributed by atoms with Crippen LogP contribution in [-0.2, 0) is 9.59 Å². The lowest BCUT2D eigenvalue weighted by Gasteiger charge is -2.12. The number of carbonyl (C=O) groups is 3. The molecule has 0 saturated carbocycles. The Morgan fingerprint density at radius 2 is 2.00 bits per heavy atom. The Balaban J connectivity index is 1.71. The minimum Gasteiger partial charge on any atom is -0.493 e. The molecule has 2 aromatic rings. The molecule has 1 N–H and O–H groups in total. The fraction of sp³-hybridized carbons (Fsp3) is 0.190. The van der Waals surface area contributed by atoms with E-state index in [0.717, 1.165) is 16.7 Å². The highest BCUT2D eigenvalue weighted by molar-refractivity contribution is 8.18. The number of thioether (sulfide) groups is 1. The number of benzene rings is 2. The minimum atomic E-state index is -0.529. The highest BCUT2D eigenvalue weighted by Crippen LogP contribution is 2.34. The lowest BCUT2D eigenvalue weighted by Crippen LogP contribution is -2.36. The fourth-order valence-electron chi connectivity index (χ4n) is 2.75. The molecule has 0 atom stereocenters. The summed E-state index contributed by atoms with van der Waals surface area (Å²) in [5.41, 5.74) is 1.15. The van der Waals surface area contributed by atoms with E-state index in [-0.39, 0.29) is 11.4 Å². The molecule has 3 rings (SSSR count). The molecule has 3 amide bonds. The summed E-state index contributed by atoms with van der Waals surface area (Å²) in [6.07, 6.45) is 1.58. The zero-order valence-corrected chi connectivity index (χ0v) is 17.9. The molecule has 30 heavy (non-hydrogen) atoms. The molecule has 0 aliphatic carbocycles. The van der Waals surface area contributed by atoms with E-state index >= 15 is 0 Å². The maximum Gasteiger partial charge on any atom is 0.294 e. The molecule has 0 aromatic heterocycles. The second-order valence-corrected chi connectivity index (χ2v) is 7.60. The van der Waals surface area contributed by atoms with Crippen molar-refractivity contribution in [1.29, 1.82) is 0 Å². The van der Waals surface area contributed by atoms with Crippen molar-refractivity contribution >= 4 is 52.2 Å². The normalized spacial score (nSPS) is 14.9. The topological polar surface area (TPSA) is 84.9 Å². The second-order valence-electron chi connectivity index (χ2n) is 6.17. The Labute approximate surface area is 183 Å². The number of amides is 3. The van der Waals surface area contributed by atoms with Crippen LogP contribution < -0.4 is 14.8 Å². The zero-order chi connectivity index (χ0) is 21.7. The summed E-state index contributed by atoms with van der Waals surface area (Å²) in [4.78, 5) is 38.3. The van der Waals surface area contributed by atoms with Gasteiger partial charge in [0.1, 0.15) is 6.54 Å². The Morgan fingerprint density at radius 3 is 2.70 bits per heavy atom. The first-order valence-electron chi connectivity index (χ1n) is 9.03. The number of nitrogens with zero attached hydrogens (tertiary/aromatic N) is 1. The molecule has 7 nitrogen and oxygen atoms in total. The van der Waals surface area contributed by atoms with Crippen molar-refractivity contribution in [2.45, 2.75) is 6.92 Å². The van der Waals surface area contributed by atoms with Crippen LogP contribution in [0.25, 0.3) is 6.08 Å². The van der Waals surface area contributed by atoms with Gasteiger partial charge in [-0.3, -0.25) is 19.3 Å². The van der Waals surface area contributed by atoms with E-state index in [0.29, 0.717) is 34.4 Å².